The summed E-state index contributed by atoms with van der Waals surface area (Å²) in [5, 5.41) is 3.25. The van der Waals surface area contributed by atoms with Crippen molar-refractivity contribution in [3.05, 3.63) is 17.6 Å². The second-order valence-electron chi connectivity index (χ2n) is 5.96. The normalized spacial score (nSPS) is 17.8. The van der Waals surface area contributed by atoms with E-state index in [9.17, 15) is 13.2 Å². The van der Waals surface area contributed by atoms with Gasteiger partial charge in [0, 0.05) is 39.3 Å². The van der Waals surface area contributed by atoms with Gasteiger partial charge in [0.15, 0.2) is 5.76 Å². The Morgan fingerprint density at radius 3 is 2.58 bits per heavy atom. The molecular weight excluding hydrogens is 354 g/mol. The average Bonchev–Trinajstić information content (AvgIpc) is 3.13. The number of aryl methyl sites for hydroxylation is 1. The molecule has 1 amide bonds. The molecule has 0 spiro atoms. The maximum atomic E-state index is 12.8. The SMILES string of the molecule is CCCN(C(=O)c1cc(S(=O)(=O)N(C)C)c(C)o1)C1CCNC1.Cl. The molecule has 1 saturated heterocycles. The first kappa shape index (κ1) is 21.0. The summed E-state index contributed by atoms with van der Waals surface area (Å²) in [7, 11) is -0.710. The van der Waals surface area contributed by atoms with Crippen LogP contribution < -0.4 is 5.32 Å². The highest BCUT2D eigenvalue weighted by Gasteiger charge is 2.31. The largest absolute Gasteiger partial charge is 0.455 e. The van der Waals surface area contributed by atoms with Crippen molar-refractivity contribution < 1.29 is 17.6 Å². The molecule has 1 N–H and O–H groups in total. The van der Waals surface area contributed by atoms with E-state index in [1.54, 1.807) is 11.8 Å². The van der Waals surface area contributed by atoms with Crippen LogP contribution in [-0.4, -0.2) is 63.3 Å². The lowest BCUT2D eigenvalue weighted by atomic mass is 10.2. The van der Waals surface area contributed by atoms with Crippen molar-refractivity contribution in [3.8, 4) is 0 Å². The highest BCUT2D eigenvalue weighted by molar-refractivity contribution is 7.89. The minimum Gasteiger partial charge on any atom is -0.455 e. The van der Waals surface area contributed by atoms with Crippen LogP contribution in [0.2, 0.25) is 0 Å². The summed E-state index contributed by atoms with van der Waals surface area (Å²) in [5.41, 5.74) is 0. The molecule has 138 valence electrons. The van der Waals surface area contributed by atoms with Crippen molar-refractivity contribution in [2.75, 3.05) is 33.7 Å². The topological polar surface area (TPSA) is 82.9 Å². The van der Waals surface area contributed by atoms with Crippen molar-refractivity contribution in [3.63, 3.8) is 0 Å². The molecule has 1 fully saturated rings. The summed E-state index contributed by atoms with van der Waals surface area (Å²) >= 11 is 0. The first-order valence-electron chi connectivity index (χ1n) is 7.83. The van der Waals surface area contributed by atoms with E-state index in [1.165, 1.54) is 20.2 Å². The molecule has 7 nitrogen and oxygen atoms in total. The third-order valence-corrected chi connectivity index (χ3v) is 5.96. The zero-order chi connectivity index (χ0) is 17.2. The molecule has 0 saturated carbocycles. The van der Waals surface area contributed by atoms with E-state index in [0.29, 0.717) is 6.54 Å². The molecule has 0 aromatic carbocycles. The number of carbonyl (C=O) groups is 1. The van der Waals surface area contributed by atoms with Crippen LogP contribution in [0, 0.1) is 6.92 Å². The number of nitrogens with one attached hydrogen (secondary N) is 1. The van der Waals surface area contributed by atoms with Gasteiger partial charge in [-0.3, -0.25) is 4.79 Å². The van der Waals surface area contributed by atoms with Gasteiger partial charge >= 0.3 is 0 Å². The van der Waals surface area contributed by atoms with E-state index in [0.717, 1.165) is 30.2 Å². The predicted molar refractivity (Wildman–Crippen MR) is 94.2 cm³/mol. The summed E-state index contributed by atoms with van der Waals surface area (Å²) in [6.07, 6.45) is 1.74. The van der Waals surface area contributed by atoms with Crippen molar-refractivity contribution in [1.82, 2.24) is 14.5 Å². The minimum absolute atomic E-state index is 0. The quantitative estimate of drug-likeness (QED) is 0.809. The Hall–Kier alpha value is -1.09. The third-order valence-electron chi connectivity index (χ3n) is 4.04. The molecule has 2 heterocycles. The number of carbonyl (C=O) groups excluding carboxylic acids is 1. The summed E-state index contributed by atoms with van der Waals surface area (Å²) in [6.45, 7) is 5.84. The standard InChI is InChI=1S/C15H25N3O4S.ClH/c1-5-8-18(12-6-7-16-10-12)15(19)13-9-14(11(2)22-13)23(20,21)17(3)4;/h9,12,16H,5-8,10H2,1-4H3;1H. The van der Waals surface area contributed by atoms with Crippen LogP contribution in [0.15, 0.2) is 15.4 Å². The Bertz CT molecular complexity index is 666. The molecule has 9 heteroatoms. The summed E-state index contributed by atoms with van der Waals surface area (Å²) in [6, 6.07) is 1.47. The van der Waals surface area contributed by atoms with Crippen molar-refractivity contribution in [1.29, 1.82) is 0 Å². The molecule has 0 aliphatic carbocycles. The Morgan fingerprint density at radius 2 is 2.08 bits per heavy atom. The van der Waals surface area contributed by atoms with E-state index in [-0.39, 0.29) is 40.8 Å². The minimum atomic E-state index is -3.62. The maximum absolute atomic E-state index is 12.8. The number of amides is 1. The van der Waals surface area contributed by atoms with Crippen LogP contribution >= 0.6 is 12.4 Å². The van der Waals surface area contributed by atoms with Crippen LogP contribution in [0.3, 0.4) is 0 Å². The molecule has 0 bridgehead atoms. The van der Waals surface area contributed by atoms with E-state index >= 15 is 0 Å². The van der Waals surface area contributed by atoms with Gasteiger partial charge in [0.2, 0.25) is 10.0 Å². The number of halogens is 1. The highest BCUT2D eigenvalue weighted by atomic mass is 35.5. The molecule has 1 aromatic heterocycles. The fourth-order valence-electron chi connectivity index (χ4n) is 2.76. The second kappa shape index (κ2) is 8.33. The predicted octanol–water partition coefficient (Wildman–Crippen LogP) is 1.47. The maximum Gasteiger partial charge on any atom is 0.289 e. The van der Waals surface area contributed by atoms with E-state index in [2.05, 4.69) is 5.32 Å². The van der Waals surface area contributed by atoms with Crippen molar-refractivity contribution >= 4 is 28.3 Å². The van der Waals surface area contributed by atoms with Crippen molar-refractivity contribution in [2.45, 2.75) is 37.6 Å². The number of furan rings is 1. The van der Waals surface area contributed by atoms with Gasteiger partial charge in [-0.05, 0) is 26.3 Å². The first-order valence-corrected chi connectivity index (χ1v) is 9.27. The molecule has 2 rings (SSSR count). The van der Waals surface area contributed by atoms with Crippen LogP contribution in [0.25, 0.3) is 0 Å². The number of rotatable bonds is 6. The smallest absolute Gasteiger partial charge is 0.289 e. The van der Waals surface area contributed by atoms with E-state index in [1.807, 2.05) is 6.92 Å². The molecule has 1 unspecified atom stereocenters. The van der Waals surface area contributed by atoms with Crippen LogP contribution in [0.4, 0.5) is 0 Å². The highest BCUT2D eigenvalue weighted by Crippen LogP contribution is 2.24. The lowest BCUT2D eigenvalue weighted by molar-refractivity contribution is 0.0658. The van der Waals surface area contributed by atoms with Gasteiger partial charge in [0.05, 0.1) is 0 Å². The molecule has 1 aliphatic heterocycles. The van der Waals surface area contributed by atoms with Crippen LogP contribution in [0.1, 0.15) is 36.1 Å². The molecule has 24 heavy (non-hydrogen) atoms. The van der Waals surface area contributed by atoms with Gasteiger partial charge in [0.25, 0.3) is 5.91 Å². The van der Waals surface area contributed by atoms with Crippen LogP contribution in [-0.2, 0) is 10.0 Å². The molecular formula is C15H26ClN3O4S. The number of sulfonamides is 1. The summed E-state index contributed by atoms with van der Waals surface area (Å²) in [4.78, 5) is 14.6. The second-order valence-corrected chi connectivity index (χ2v) is 8.08. The van der Waals surface area contributed by atoms with Gasteiger partial charge in [-0.25, -0.2) is 12.7 Å². The van der Waals surface area contributed by atoms with Gasteiger partial charge in [0.1, 0.15) is 10.7 Å². The van der Waals surface area contributed by atoms with E-state index in [4.69, 9.17) is 4.42 Å². The Balaban J connectivity index is 0.00000288. The monoisotopic (exact) mass is 379 g/mol. The lowest BCUT2D eigenvalue weighted by Crippen LogP contribution is -2.42. The average molecular weight is 380 g/mol. The number of nitrogens with zero attached hydrogens (tertiary/aromatic N) is 2. The van der Waals surface area contributed by atoms with Gasteiger partial charge in [-0.2, -0.15) is 0 Å². The fraction of sp³-hybridized carbons (Fsp3) is 0.667. The fourth-order valence-corrected chi connectivity index (χ4v) is 3.82. The molecule has 1 atom stereocenters. The summed E-state index contributed by atoms with van der Waals surface area (Å²) in [5.74, 6) is 0.0789. The zero-order valence-corrected chi connectivity index (χ0v) is 16.2. The number of hydrogen-bond donors (Lipinski definition) is 1. The van der Waals surface area contributed by atoms with Crippen LogP contribution in [0.5, 0.6) is 0 Å². The van der Waals surface area contributed by atoms with Gasteiger partial charge in [-0.15, -0.1) is 12.4 Å². The van der Waals surface area contributed by atoms with Gasteiger partial charge < -0.3 is 14.6 Å². The van der Waals surface area contributed by atoms with Crippen molar-refractivity contribution in [2.24, 2.45) is 0 Å². The third kappa shape index (κ3) is 4.11. The molecule has 1 aliphatic rings. The zero-order valence-electron chi connectivity index (χ0n) is 14.5. The summed E-state index contributed by atoms with van der Waals surface area (Å²) < 4.78 is 31.1. The molecule has 1 aromatic rings. The first-order chi connectivity index (χ1) is 10.8. The van der Waals surface area contributed by atoms with E-state index < -0.39 is 10.0 Å². The Labute approximate surface area is 149 Å². The Kier molecular flexibility index (Phi) is 7.27. The lowest BCUT2D eigenvalue weighted by Gasteiger charge is -2.27. The number of hydrogen-bond acceptors (Lipinski definition) is 5. The van der Waals surface area contributed by atoms with Gasteiger partial charge in [-0.1, -0.05) is 6.92 Å². The molecule has 0 radical (unpaired) electrons. The Morgan fingerprint density at radius 1 is 1.42 bits per heavy atom.